The summed E-state index contributed by atoms with van der Waals surface area (Å²) in [5.41, 5.74) is -1.91. The molecule has 0 atom stereocenters. The lowest BCUT2D eigenvalue weighted by atomic mass is 10.0. The molecule has 0 spiro atoms. The van der Waals surface area contributed by atoms with Crippen LogP contribution < -0.4 is 10.1 Å². The fourth-order valence-corrected chi connectivity index (χ4v) is 1.78. The van der Waals surface area contributed by atoms with Gasteiger partial charge in [-0.1, -0.05) is 0 Å². The SMILES string of the molecule is CCOC(=O)/C(=C\NC(C)(C)C)C(=O)c1cc(F)c(F)c(OC)c1F. The van der Waals surface area contributed by atoms with Crippen molar-refractivity contribution in [2.45, 2.75) is 33.2 Å². The van der Waals surface area contributed by atoms with Crippen LogP contribution in [0.4, 0.5) is 13.2 Å². The number of ketones is 1. The molecule has 0 saturated carbocycles. The summed E-state index contributed by atoms with van der Waals surface area (Å²) in [5.74, 6) is -7.68. The molecule has 1 N–H and O–H groups in total. The van der Waals surface area contributed by atoms with Crippen LogP contribution in [0.25, 0.3) is 0 Å². The van der Waals surface area contributed by atoms with Crippen molar-refractivity contribution in [3.8, 4) is 5.75 Å². The lowest BCUT2D eigenvalue weighted by Crippen LogP contribution is -2.33. The second-order valence-electron chi connectivity index (χ2n) is 6.07. The molecule has 0 aliphatic rings. The van der Waals surface area contributed by atoms with E-state index in [1.165, 1.54) is 6.92 Å². The van der Waals surface area contributed by atoms with Crippen LogP contribution in [0.1, 0.15) is 38.1 Å². The summed E-state index contributed by atoms with van der Waals surface area (Å²) >= 11 is 0. The van der Waals surface area contributed by atoms with Crippen LogP contribution in [-0.2, 0) is 9.53 Å². The van der Waals surface area contributed by atoms with Crippen molar-refractivity contribution in [1.29, 1.82) is 0 Å². The van der Waals surface area contributed by atoms with Crippen molar-refractivity contribution >= 4 is 11.8 Å². The summed E-state index contributed by atoms with van der Waals surface area (Å²) in [6.07, 6.45) is 1.06. The van der Waals surface area contributed by atoms with E-state index in [0.29, 0.717) is 6.07 Å². The van der Waals surface area contributed by atoms with E-state index in [4.69, 9.17) is 4.74 Å². The minimum absolute atomic E-state index is 0.0252. The molecule has 0 bridgehead atoms. The van der Waals surface area contributed by atoms with E-state index in [-0.39, 0.29) is 6.61 Å². The minimum atomic E-state index is -1.56. The number of carbonyl (C=O) groups is 2. The van der Waals surface area contributed by atoms with E-state index in [9.17, 15) is 22.8 Å². The first kappa shape index (κ1) is 20.5. The van der Waals surface area contributed by atoms with E-state index in [0.717, 1.165) is 13.3 Å². The zero-order chi connectivity index (χ0) is 19.4. The van der Waals surface area contributed by atoms with Gasteiger partial charge in [0.25, 0.3) is 0 Å². The Labute approximate surface area is 143 Å². The molecule has 0 aliphatic carbocycles. The van der Waals surface area contributed by atoms with Gasteiger partial charge in [-0.3, -0.25) is 4.79 Å². The average Bonchev–Trinajstić information content (AvgIpc) is 2.50. The van der Waals surface area contributed by atoms with Crippen molar-refractivity contribution in [2.24, 2.45) is 0 Å². The topological polar surface area (TPSA) is 64.6 Å². The highest BCUT2D eigenvalue weighted by Crippen LogP contribution is 2.28. The van der Waals surface area contributed by atoms with E-state index in [1.54, 1.807) is 20.8 Å². The van der Waals surface area contributed by atoms with Crippen molar-refractivity contribution in [3.63, 3.8) is 0 Å². The maximum atomic E-state index is 14.3. The first-order valence-electron chi connectivity index (χ1n) is 7.44. The van der Waals surface area contributed by atoms with E-state index >= 15 is 0 Å². The van der Waals surface area contributed by atoms with Gasteiger partial charge in [0, 0.05) is 11.7 Å². The zero-order valence-electron chi connectivity index (χ0n) is 14.6. The van der Waals surface area contributed by atoms with Crippen LogP contribution >= 0.6 is 0 Å². The maximum absolute atomic E-state index is 14.3. The molecule has 0 aromatic heterocycles. The monoisotopic (exact) mass is 359 g/mol. The highest BCUT2D eigenvalue weighted by atomic mass is 19.2. The zero-order valence-corrected chi connectivity index (χ0v) is 14.6. The lowest BCUT2D eigenvalue weighted by molar-refractivity contribution is -0.138. The van der Waals surface area contributed by atoms with E-state index in [1.807, 2.05) is 0 Å². The molecular weight excluding hydrogens is 339 g/mol. The lowest BCUT2D eigenvalue weighted by Gasteiger charge is -2.19. The summed E-state index contributed by atoms with van der Waals surface area (Å²) < 4.78 is 50.7. The van der Waals surface area contributed by atoms with Crippen LogP contribution in [0.5, 0.6) is 5.75 Å². The molecular formula is C17H20F3NO4. The van der Waals surface area contributed by atoms with Gasteiger partial charge in [0.1, 0.15) is 5.57 Å². The fraction of sp³-hybridized carbons (Fsp3) is 0.412. The number of nitrogens with one attached hydrogen (secondary N) is 1. The molecule has 0 radical (unpaired) electrons. The Hall–Kier alpha value is -2.51. The summed E-state index contributed by atoms with van der Waals surface area (Å²) in [6.45, 7) is 6.79. The molecule has 0 unspecified atom stereocenters. The summed E-state index contributed by atoms with van der Waals surface area (Å²) in [4.78, 5) is 24.6. The number of ether oxygens (including phenoxy) is 2. The van der Waals surface area contributed by atoms with Gasteiger partial charge in [-0.25, -0.2) is 13.6 Å². The van der Waals surface area contributed by atoms with Crippen LogP contribution in [0.15, 0.2) is 17.8 Å². The van der Waals surface area contributed by atoms with Crippen LogP contribution in [-0.4, -0.2) is 31.0 Å². The number of methoxy groups -OCH3 is 1. The molecule has 0 amide bonds. The normalized spacial score (nSPS) is 11.9. The highest BCUT2D eigenvalue weighted by Gasteiger charge is 2.29. The quantitative estimate of drug-likeness (QED) is 0.211. The average molecular weight is 359 g/mol. The van der Waals surface area contributed by atoms with Gasteiger partial charge in [0.05, 0.1) is 19.3 Å². The number of carbonyl (C=O) groups excluding carboxylic acids is 2. The van der Waals surface area contributed by atoms with Crippen LogP contribution in [0.3, 0.4) is 0 Å². The third kappa shape index (κ3) is 4.98. The number of benzene rings is 1. The predicted octanol–water partition coefficient (Wildman–Crippen LogP) is 3.13. The van der Waals surface area contributed by atoms with Gasteiger partial charge in [0.2, 0.25) is 11.6 Å². The van der Waals surface area contributed by atoms with Crippen molar-refractivity contribution < 1.29 is 32.2 Å². The van der Waals surface area contributed by atoms with Crippen molar-refractivity contribution in [2.75, 3.05) is 13.7 Å². The van der Waals surface area contributed by atoms with Gasteiger partial charge >= 0.3 is 5.97 Å². The molecule has 138 valence electrons. The molecule has 25 heavy (non-hydrogen) atoms. The largest absolute Gasteiger partial charge is 0.491 e. The summed E-state index contributed by atoms with van der Waals surface area (Å²) in [6, 6.07) is 0.375. The Kier molecular flexibility index (Phi) is 6.61. The predicted molar refractivity (Wildman–Crippen MR) is 84.8 cm³/mol. The third-order valence-corrected chi connectivity index (χ3v) is 2.95. The molecule has 0 aliphatic heterocycles. The molecule has 0 fully saturated rings. The molecule has 1 aromatic carbocycles. The first-order chi connectivity index (χ1) is 11.5. The highest BCUT2D eigenvalue weighted by molar-refractivity contribution is 6.24. The third-order valence-electron chi connectivity index (χ3n) is 2.95. The number of esters is 1. The second kappa shape index (κ2) is 8.04. The maximum Gasteiger partial charge on any atom is 0.343 e. The number of hydrogen-bond acceptors (Lipinski definition) is 5. The van der Waals surface area contributed by atoms with Crippen molar-refractivity contribution in [3.05, 3.63) is 40.9 Å². The van der Waals surface area contributed by atoms with Gasteiger partial charge in [-0.2, -0.15) is 4.39 Å². The Balaban J connectivity index is 3.44. The van der Waals surface area contributed by atoms with E-state index < -0.39 is 51.6 Å². The standard InChI is InChI=1S/C17H20F3NO4/c1-6-25-16(23)10(8-21-17(2,3)4)14(22)9-7-11(18)13(20)15(24-5)12(9)19/h7-8,21H,6H2,1-5H3/b10-8-. The Morgan fingerprint density at radius 1 is 1.20 bits per heavy atom. The minimum Gasteiger partial charge on any atom is -0.491 e. The molecule has 1 rings (SSSR count). The fourth-order valence-electron chi connectivity index (χ4n) is 1.78. The van der Waals surface area contributed by atoms with Crippen LogP contribution in [0, 0.1) is 17.5 Å². The smallest absolute Gasteiger partial charge is 0.343 e. The Morgan fingerprint density at radius 3 is 2.28 bits per heavy atom. The van der Waals surface area contributed by atoms with Gasteiger partial charge in [-0.05, 0) is 33.8 Å². The second-order valence-corrected chi connectivity index (χ2v) is 6.07. The first-order valence-corrected chi connectivity index (χ1v) is 7.44. The Bertz CT molecular complexity index is 709. The van der Waals surface area contributed by atoms with Gasteiger partial charge < -0.3 is 14.8 Å². The van der Waals surface area contributed by atoms with Gasteiger partial charge in [0.15, 0.2) is 17.4 Å². The number of Topliss-reactive ketones (excluding diaryl/α,β-unsaturated/α-hetero) is 1. The summed E-state index contributed by atoms with van der Waals surface area (Å²) in [5, 5.41) is 2.78. The molecule has 5 nitrogen and oxygen atoms in total. The van der Waals surface area contributed by atoms with E-state index in [2.05, 4.69) is 10.1 Å². The molecule has 8 heteroatoms. The molecule has 1 aromatic rings. The van der Waals surface area contributed by atoms with Crippen molar-refractivity contribution in [1.82, 2.24) is 5.32 Å². The van der Waals surface area contributed by atoms with Gasteiger partial charge in [-0.15, -0.1) is 0 Å². The Morgan fingerprint density at radius 2 is 1.80 bits per heavy atom. The molecule has 0 heterocycles. The number of hydrogen-bond donors (Lipinski definition) is 1. The molecule has 0 saturated heterocycles. The number of halogens is 3. The number of rotatable bonds is 6. The van der Waals surface area contributed by atoms with Crippen LogP contribution in [0.2, 0.25) is 0 Å². The summed E-state index contributed by atoms with van der Waals surface area (Å²) in [7, 11) is 0.929.